The first-order valence-corrected chi connectivity index (χ1v) is 16.2. The second kappa shape index (κ2) is 13.2. The van der Waals surface area contributed by atoms with Crippen LogP contribution in [0.2, 0.25) is 18.1 Å². The summed E-state index contributed by atoms with van der Waals surface area (Å²) in [7, 11) is -2.05. The quantitative estimate of drug-likeness (QED) is 0.172. The van der Waals surface area contributed by atoms with Crippen molar-refractivity contribution >= 4 is 43.7 Å². The maximum Gasteiger partial charge on any atom is 0.410 e. The second-order valence-electron chi connectivity index (χ2n) is 10.6. The van der Waals surface area contributed by atoms with Crippen molar-refractivity contribution in [3.8, 4) is 0 Å². The van der Waals surface area contributed by atoms with E-state index in [1.807, 2.05) is 0 Å². The lowest BCUT2D eigenvalue weighted by Crippen LogP contribution is -2.44. The number of carbonyl (C=O) groups is 3. The molecule has 0 spiro atoms. The van der Waals surface area contributed by atoms with E-state index < -0.39 is 25.2 Å². The van der Waals surface area contributed by atoms with Crippen molar-refractivity contribution in [2.75, 3.05) is 24.6 Å². The lowest BCUT2D eigenvalue weighted by molar-refractivity contribution is -0.384. The number of hydrogen-bond acceptors (Lipinski definition) is 8. The minimum atomic E-state index is -2.05. The van der Waals surface area contributed by atoms with Gasteiger partial charge >= 0.3 is 6.09 Å². The van der Waals surface area contributed by atoms with Gasteiger partial charge in [0.25, 0.3) is 5.69 Å². The molecule has 0 aliphatic carbocycles. The summed E-state index contributed by atoms with van der Waals surface area (Å²) < 4.78 is 12.1. The van der Waals surface area contributed by atoms with Gasteiger partial charge in [-0.25, -0.2) is 4.79 Å². The summed E-state index contributed by atoms with van der Waals surface area (Å²) in [4.78, 5) is 47.7. The highest BCUT2D eigenvalue weighted by Gasteiger charge is 2.44. The van der Waals surface area contributed by atoms with Crippen LogP contribution in [0, 0.1) is 10.1 Å². The number of thioether (sulfide) groups is 1. The van der Waals surface area contributed by atoms with Crippen molar-refractivity contribution < 1.29 is 28.5 Å². The van der Waals surface area contributed by atoms with Gasteiger partial charge in [0.15, 0.2) is 8.32 Å². The molecule has 1 saturated heterocycles. The molecule has 1 aliphatic rings. The van der Waals surface area contributed by atoms with Gasteiger partial charge in [-0.1, -0.05) is 20.8 Å². The Morgan fingerprint density at radius 2 is 1.89 bits per heavy atom. The molecule has 0 aromatic heterocycles. The topological polar surface area (TPSA) is 154 Å². The van der Waals surface area contributed by atoms with E-state index in [0.717, 1.165) is 0 Å². The number of amides is 3. The van der Waals surface area contributed by atoms with Crippen molar-refractivity contribution in [3.05, 3.63) is 39.9 Å². The van der Waals surface area contributed by atoms with Gasteiger partial charge in [-0.15, -0.1) is 0 Å². The fourth-order valence-corrected chi connectivity index (χ4v) is 5.98. The van der Waals surface area contributed by atoms with Crippen LogP contribution in [0.4, 0.5) is 10.5 Å². The van der Waals surface area contributed by atoms with Gasteiger partial charge in [0.1, 0.15) is 6.61 Å². The molecule has 1 heterocycles. The Balaban J connectivity index is 1.98. The standard InChI is InChI=1S/C24H38N4O7SSi/c1-24(2,3)37(4,5)35-20-12-19(16-36-11-10-22(30)26-13-21(25)29)27(14-20)23(31)34-15-17-6-8-18(9-7-17)28(32)33/h6-9,19-20H,10-16H2,1-5H3,(H2,25,29)(H,26,30). The third kappa shape index (κ3) is 9.63. The van der Waals surface area contributed by atoms with Gasteiger partial charge in [0.05, 0.1) is 17.6 Å². The highest BCUT2D eigenvalue weighted by Crippen LogP contribution is 2.39. The van der Waals surface area contributed by atoms with Crippen LogP contribution < -0.4 is 11.1 Å². The Hall–Kier alpha value is -2.64. The van der Waals surface area contributed by atoms with Crippen LogP contribution in [0.1, 0.15) is 39.2 Å². The Morgan fingerprint density at radius 3 is 2.46 bits per heavy atom. The highest BCUT2D eigenvalue weighted by molar-refractivity contribution is 7.99. The first-order chi connectivity index (χ1) is 17.2. The predicted octanol–water partition coefficient (Wildman–Crippen LogP) is 3.42. The van der Waals surface area contributed by atoms with E-state index >= 15 is 0 Å². The average molecular weight is 555 g/mol. The number of hydrogen-bond donors (Lipinski definition) is 2. The number of nitrogens with zero attached hydrogens (tertiary/aromatic N) is 2. The fourth-order valence-electron chi connectivity index (χ4n) is 3.53. The summed E-state index contributed by atoms with van der Waals surface area (Å²) in [5.41, 5.74) is 5.67. The third-order valence-corrected chi connectivity index (χ3v) is 12.3. The Labute approximate surface area is 223 Å². The molecule has 2 unspecified atom stereocenters. The smallest absolute Gasteiger partial charge is 0.410 e. The van der Waals surface area contributed by atoms with Crippen molar-refractivity contribution in [2.45, 2.75) is 70.5 Å². The molecule has 11 nitrogen and oxygen atoms in total. The molecule has 1 fully saturated rings. The summed E-state index contributed by atoms with van der Waals surface area (Å²) in [5.74, 6) is 0.284. The van der Waals surface area contributed by atoms with Gasteiger partial charge in [0, 0.05) is 42.6 Å². The number of ether oxygens (including phenoxy) is 1. The van der Waals surface area contributed by atoms with E-state index in [1.165, 1.54) is 12.1 Å². The largest absolute Gasteiger partial charge is 0.445 e. The summed E-state index contributed by atoms with van der Waals surface area (Å²) >= 11 is 1.54. The number of nitrogens with one attached hydrogen (secondary N) is 1. The van der Waals surface area contributed by atoms with E-state index in [-0.39, 0.29) is 48.4 Å². The highest BCUT2D eigenvalue weighted by atomic mass is 32.2. The minimum absolute atomic E-state index is 0.000975. The number of nitro groups is 1. The first kappa shape index (κ1) is 30.6. The summed E-state index contributed by atoms with van der Waals surface area (Å²) in [5, 5.41) is 13.3. The lowest BCUT2D eigenvalue weighted by atomic mass is 10.2. The van der Waals surface area contributed by atoms with Crippen LogP contribution in [-0.2, 0) is 25.4 Å². The molecule has 2 rings (SSSR count). The monoisotopic (exact) mass is 554 g/mol. The third-order valence-electron chi connectivity index (χ3n) is 6.63. The summed E-state index contributed by atoms with van der Waals surface area (Å²) in [6, 6.07) is 5.75. The maximum atomic E-state index is 13.0. The van der Waals surface area contributed by atoms with Crippen LogP contribution in [0.5, 0.6) is 0 Å². The van der Waals surface area contributed by atoms with Gasteiger partial charge in [-0.05, 0) is 42.2 Å². The second-order valence-corrected chi connectivity index (χ2v) is 16.5. The molecule has 1 aromatic rings. The van der Waals surface area contributed by atoms with Crippen molar-refractivity contribution in [3.63, 3.8) is 0 Å². The molecule has 37 heavy (non-hydrogen) atoms. The molecule has 3 N–H and O–H groups in total. The zero-order chi connectivity index (χ0) is 27.8. The Morgan fingerprint density at radius 1 is 1.24 bits per heavy atom. The molecule has 0 bridgehead atoms. The summed E-state index contributed by atoms with van der Waals surface area (Å²) in [6.07, 6.45) is 0.320. The van der Waals surface area contributed by atoms with Crippen LogP contribution in [0.15, 0.2) is 24.3 Å². The van der Waals surface area contributed by atoms with Gasteiger partial charge in [0.2, 0.25) is 11.8 Å². The number of rotatable bonds is 12. The Kier molecular flexibility index (Phi) is 10.9. The zero-order valence-electron chi connectivity index (χ0n) is 22.2. The Bertz CT molecular complexity index is 969. The molecular weight excluding hydrogens is 516 g/mol. The number of likely N-dealkylation sites (tertiary alicyclic amines) is 1. The SMILES string of the molecule is CC(C)(C)[Si](C)(C)OC1CC(CSCCC(=O)NCC(N)=O)N(C(=O)OCc2ccc([N+](=O)[O-])cc2)C1. The number of non-ortho nitro benzene ring substituents is 1. The molecule has 0 radical (unpaired) electrons. The van der Waals surface area contributed by atoms with Gasteiger partial charge in [-0.3, -0.25) is 19.7 Å². The van der Waals surface area contributed by atoms with Gasteiger partial charge in [-0.2, -0.15) is 11.8 Å². The summed E-state index contributed by atoms with van der Waals surface area (Å²) in [6.45, 7) is 11.1. The van der Waals surface area contributed by atoms with Gasteiger partial charge < -0.3 is 25.1 Å². The van der Waals surface area contributed by atoms with Crippen LogP contribution in [0.3, 0.4) is 0 Å². The van der Waals surface area contributed by atoms with E-state index in [2.05, 4.69) is 39.2 Å². The van der Waals surface area contributed by atoms with E-state index in [0.29, 0.717) is 30.0 Å². The van der Waals surface area contributed by atoms with Crippen molar-refractivity contribution in [1.29, 1.82) is 0 Å². The average Bonchev–Trinajstić information content (AvgIpc) is 3.20. The number of benzene rings is 1. The van der Waals surface area contributed by atoms with Crippen LogP contribution in [0.25, 0.3) is 0 Å². The van der Waals surface area contributed by atoms with Crippen LogP contribution in [-0.4, -0.2) is 72.8 Å². The van der Waals surface area contributed by atoms with E-state index in [9.17, 15) is 24.5 Å². The molecular formula is C24H38N4O7SSi. The molecule has 3 amide bonds. The lowest BCUT2D eigenvalue weighted by Gasteiger charge is -2.38. The number of nitro benzene ring substituents is 1. The maximum absolute atomic E-state index is 13.0. The number of primary amides is 1. The normalized spacial score (nSPS) is 17.9. The molecule has 1 aliphatic heterocycles. The first-order valence-electron chi connectivity index (χ1n) is 12.2. The molecule has 13 heteroatoms. The predicted molar refractivity (Wildman–Crippen MR) is 145 cm³/mol. The molecule has 2 atom stereocenters. The van der Waals surface area contributed by atoms with E-state index in [1.54, 1.807) is 28.8 Å². The zero-order valence-corrected chi connectivity index (χ0v) is 24.0. The minimum Gasteiger partial charge on any atom is -0.445 e. The number of carbonyl (C=O) groups excluding carboxylic acids is 3. The van der Waals surface area contributed by atoms with E-state index in [4.69, 9.17) is 14.9 Å². The van der Waals surface area contributed by atoms with Crippen LogP contribution >= 0.6 is 11.8 Å². The fraction of sp³-hybridized carbons (Fsp3) is 0.625. The molecule has 1 aromatic carbocycles. The molecule has 206 valence electrons. The van der Waals surface area contributed by atoms with Crippen molar-refractivity contribution in [2.24, 2.45) is 5.73 Å². The number of nitrogens with two attached hydrogens (primary N) is 1. The van der Waals surface area contributed by atoms with Crippen molar-refractivity contribution in [1.82, 2.24) is 10.2 Å². The molecule has 0 saturated carbocycles.